The van der Waals surface area contributed by atoms with Crippen LogP contribution >= 0.6 is 0 Å². The van der Waals surface area contributed by atoms with Gasteiger partial charge in [-0.15, -0.1) is 6.07 Å². The van der Waals surface area contributed by atoms with E-state index < -0.39 is 0 Å². The second kappa shape index (κ2) is 13.1. The first-order valence-corrected chi connectivity index (χ1v) is 17.2. The fourth-order valence-corrected chi connectivity index (χ4v) is 6.39. The summed E-state index contributed by atoms with van der Waals surface area (Å²) in [7, 11) is 0. The first-order valence-electron chi connectivity index (χ1n) is 17.2. The number of hydrogen-bond acceptors (Lipinski definition) is 5. The zero-order chi connectivity index (χ0) is 35.6. The molecule has 0 saturated carbocycles. The average Bonchev–Trinajstić information content (AvgIpc) is 3.47. The van der Waals surface area contributed by atoms with Crippen LogP contribution < -0.4 is 0 Å². The van der Waals surface area contributed by atoms with Crippen LogP contribution in [0.4, 0.5) is 0 Å². The topological polar surface area (TPSA) is 76.7 Å². The van der Waals surface area contributed by atoms with Gasteiger partial charge in [-0.1, -0.05) is 121 Å². The second-order valence-corrected chi connectivity index (χ2v) is 16.3. The molecule has 0 aliphatic carbocycles. The molecule has 0 aliphatic rings. The molecule has 262 valence electrons. The van der Waals surface area contributed by atoms with Crippen molar-refractivity contribution >= 4 is 21.9 Å². The molecular weight excluding hydrogens is 810 g/mol. The van der Waals surface area contributed by atoms with Crippen molar-refractivity contribution in [1.82, 2.24) is 24.5 Å². The van der Waals surface area contributed by atoms with Gasteiger partial charge in [-0.05, 0) is 75.0 Å². The summed E-state index contributed by atoms with van der Waals surface area (Å²) in [5.41, 5.74) is 11.0. The van der Waals surface area contributed by atoms with E-state index in [0.717, 1.165) is 49.9 Å². The van der Waals surface area contributed by atoms with Crippen LogP contribution in [0, 0.1) is 6.07 Å². The Balaban J connectivity index is 0.00000448. The van der Waals surface area contributed by atoms with Gasteiger partial charge in [0, 0.05) is 55.8 Å². The maximum absolute atomic E-state index is 10.8. The quantitative estimate of drug-likeness (QED) is 0.179. The molecule has 1 N–H and O–H groups in total. The molecular formula is C44H44N5OPt-. The fraction of sp³-hybridized carbons (Fsp3) is 0.273. The Morgan fingerprint density at radius 3 is 1.88 bits per heavy atom. The molecule has 0 bridgehead atoms. The smallest absolute Gasteiger partial charge is 0.123 e. The Morgan fingerprint density at radius 1 is 0.588 bits per heavy atom. The number of benzene rings is 3. The van der Waals surface area contributed by atoms with Crippen molar-refractivity contribution in [2.75, 3.05) is 0 Å². The Labute approximate surface area is 315 Å². The van der Waals surface area contributed by atoms with Crippen molar-refractivity contribution < 1.29 is 26.2 Å². The Hall–Kier alpha value is -4.67. The summed E-state index contributed by atoms with van der Waals surface area (Å²) in [6.45, 7) is 20.0. The van der Waals surface area contributed by atoms with Gasteiger partial charge in [0.25, 0.3) is 0 Å². The predicted octanol–water partition coefficient (Wildman–Crippen LogP) is 10.8. The molecule has 0 atom stereocenters. The van der Waals surface area contributed by atoms with Crippen LogP contribution in [-0.4, -0.2) is 29.6 Å². The number of aromatic hydroxyl groups is 1. The molecule has 4 heterocycles. The Bertz CT molecular complexity index is 2380. The van der Waals surface area contributed by atoms with Gasteiger partial charge in [0.1, 0.15) is 5.75 Å². The summed E-state index contributed by atoms with van der Waals surface area (Å²) in [5, 5.41) is 11.9. The molecule has 4 aromatic heterocycles. The van der Waals surface area contributed by atoms with Gasteiger partial charge in [0.2, 0.25) is 0 Å². The van der Waals surface area contributed by atoms with Gasteiger partial charge in [-0.3, -0.25) is 15.0 Å². The van der Waals surface area contributed by atoms with E-state index in [1.165, 1.54) is 16.7 Å². The second-order valence-electron chi connectivity index (χ2n) is 16.3. The predicted molar refractivity (Wildman–Crippen MR) is 205 cm³/mol. The fourth-order valence-electron chi connectivity index (χ4n) is 6.39. The maximum Gasteiger partial charge on any atom is 0.123 e. The molecule has 6 nitrogen and oxygen atoms in total. The number of para-hydroxylation sites is 1. The van der Waals surface area contributed by atoms with E-state index in [9.17, 15) is 5.11 Å². The van der Waals surface area contributed by atoms with Gasteiger partial charge in [-0.25, -0.2) is 0 Å². The number of aromatic nitrogens is 5. The van der Waals surface area contributed by atoms with E-state index in [2.05, 4.69) is 120 Å². The van der Waals surface area contributed by atoms with E-state index in [1.54, 1.807) is 12.3 Å². The minimum Gasteiger partial charge on any atom is -0.507 e. The third-order valence-corrected chi connectivity index (χ3v) is 9.48. The van der Waals surface area contributed by atoms with E-state index in [1.807, 2.05) is 43.0 Å². The van der Waals surface area contributed by atoms with Gasteiger partial charge >= 0.3 is 0 Å². The van der Waals surface area contributed by atoms with Crippen LogP contribution in [0.1, 0.15) is 79.0 Å². The zero-order valence-corrected chi connectivity index (χ0v) is 33.0. The first kappa shape index (κ1) is 36.1. The number of rotatable bonds is 4. The van der Waals surface area contributed by atoms with E-state index in [0.29, 0.717) is 11.4 Å². The molecule has 3 aromatic carbocycles. The van der Waals surface area contributed by atoms with Crippen LogP contribution in [0.3, 0.4) is 0 Å². The van der Waals surface area contributed by atoms with Crippen LogP contribution in [0.5, 0.6) is 5.75 Å². The minimum atomic E-state index is -0.0781. The average molecular weight is 854 g/mol. The number of hydrogen-bond donors (Lipinski definition) is 1. The summed E-state index contributed by atoms with van der Waals surface area (Å²) >= 11 is 0. The molecule has 0 radical (unpaired) electrons. The van der Waals surface area contributed by atoms with Crippen molar-refractivity contribution in [2.24, 2.45) is 0 Å². The molecule has 0 amide bonds. The SMILES string of the molecule is CC(C)(C)c1ccc(-n2c(-c3[c-]c(-c4cc(C(C)(C)C)cc5cc(C(C)(C)C)cnc45)cnc3)nc3c(-c4ccccc4O)cncc32)cc1.[Pt]. The zero-order valence-electron chi connectivity index (χ0n) is 30.7. The van der Waals surface area contributed by atoms with Crippen LogP contribution in [0.15, 0.2) is 97.7 Å². The van der Waals surface area contributed by atoms with E-state index >= 15 is 0 Å². The summed E-state index contributed by atoms with van der Waals surface area (Å²) in [5.74, 6) is 0.858. The van der Waals surface area contributed by atoms with Crippen LogP contribution in [0.2, 0.25) is 0 Å². The molecule has 7 heteroatoms. The Morgan fingerprint density at radius 2 is 1.22 bits per heavy atom. The molecule has 0 spiro atoms. The van der Waals surface area contributed by atoms with Gasteiger partial charge in [0.05, 0.1) is 23.1 Å². The van der Waals surface area contributed by atoms with Crippen LogP contribution in [0.25, 0.3) is 61.3 Å². The summed E-state index contributed by atoms with van der Waals surface area (Å²) < 4.78 is 2.12. The van der Waals surface area contributed by atoms with E-state index in [4.69, 9.17) is 15.0 Å². The summed E-state index contributed by atoms with van der Waals surface area (Å²) in [6.07, 6.45) is 9.28. The maximum atomic E-state index is 10.8. The van der Waals surface area contributed by atoms with Crippen molar-refractivity contribution in [3.05, 3.63) is 120 Å². The minimum absolute atomic E-state index is 0. The number of phenols is 1. The monoisotopic (exact) mass is 853 g/mol. The Kier molecular flexibility index (Phi) is 9.31. The van der Waals surface area contributed by atoms with Crippen molar-refractivity contribution in [3.63, 3.8) is 0 Å². The standard InChI is InChI=1S/C44H44N5O.Pt/c1-42(2,3)30-14-16-33(17-15-30)49-37-26-46-25-36(34-12-10-11-13-38(34)50)40(37)48-41(49)29-18-28(22-45-23-29)35-21-31(43(4,5)6)19-27-20-32(44(7,8)9)24-47-39(27)35;/h10-17,19-26,50H,1-9H3;/q-1;. The first-order chi connectivity index (χ1) is 23.6. The number of phenolic OH excluding ortho intramolecular Hbond substituents is 1. The third kappa shape index (κ3) is 6.87. The number of pyridine rings is 3. The number of imidazole rings is 1. The van der Waals surface area contributed by atoms with Crippen molar-refractivity contribution in [2.45, 2.75) is 78.6 Å². The van der Waals surface area contributed by atoms with Gasteiger partial charge < -0.3 is 14.7 Å². The number of fused-ring (bicyclic) bond motifs is 2. The molecule has 7 aromatic rings. The largest absolute Gasteiger partial charge is 0.507 e. The molecule has 51 heavy (non-hydrogen) atoms. The molecule has 7 rings (SSSR count). The van der Waals surface area contributed by atoms with Crippen molar-refractivity contribution in [1.29, 1.82) is 0 Å². The summed E-state index contributed by atoms with van der Waals surface area (Å²) in [4.78, 5) is 19.7. The molecule has 0 fully saturated rings. The normalized spacial score (nSPS) is 12.3. The molecule has 0 saturated heterocycles. The van der Waals surface area contributed by atoms with Crippen LogP contribution in [-0.2, 0) is 37.3 Å². The molecule has 0 aliphatic heterocycles. The van der Waals surface area contributed by atoms with E-state index in [-0.39, 0.29) is 43.1 Å². The third-order valence-electron chi connectivity index (χ3n) is 9.48. The summed E-state index contributed by atoms with van der Waals surface area (Å²) in [6, 6.07) is 26.4. The van der Waals surface area contributed by atoms with Crippen molar-refractivity contribution in [3.8, 4) is 45.1 Å². The number of nitrogens with zero attached hydrogens (tertiary/aromatic N) is 5. The van der Waals surface area contributed by atoms with Gasteiger partial charge in [0.15, 0.2) is 0 Å². The van der Waals surface area contributed by atoms with Gasteiger partial charge in [-0.2, -0.15) is 0 Å². The molecule has 0 unspecified atom stereocenters.